The van der Waals surface area contributed by atoms with Gasteiger partial charge in [0.2, 0.25) is 0 Å². The number of hydrogen-bond donors (Lipinski definition) is 1. The number of nitrogens with zero attached hydrogens (tertiary/aromatic N) is 2. The molecule has 6 heteroatoms. The fraction of sp³-hybridized carbons (Fsp3) is 0.529. The first-order valence-corrected chi connectivity index (χ1v) is 7.94. The van der Waals surface area contributed by atoms with E-state index in [1.807, 2.05) is 18.2 Å². The number of amides is 2. The Balaban J connectivity index is 1.73. The van der Waals surface area contributed by atoms with E-state index in [0.717, 1.165) is 29.1 Å². The highest BCUT2D eigenvalue weighted by Crippen LogP contribution is 2.25. The van der Waals surface area contributed by atoms with E-state index < -0.39 is 0 Å². The second-order valence-corrected chi connectivity index (χ2v) is 7.06. The lowest BCUT2D eigenvalue weighted by atomic mass is 9.92. The van der Waals surface area contributed by atoms with E-state index in [4.69, 9.17) is 9.15 Å². The molecule has 124 valence electrons. The lowest BCUT2D eigenvalue weighted by molar-refractivity contribution is 0.0564. The number of carbonyl (C=O) groups is 1. The minimum Gasteiger partial charge on any atom is -0.441 e. The highest BCUT2D eigenvalue weighted by Gasteiger charge is 2.18. The zero-order valence-corrected chi connectivity index (χ0v) is 13.9. The number of fused-ring (bicyclic) bond motifs is 1. The van der Waals surface area contributed by atoms with E-state index in [1.165, 1.54) is 0 Å². The molecular formula is C17H23N3O3. The zero-order valence-electron chi connectivity index (χ0n) is 13.9. The number of nitrogens with one attached hydrogen (secondary N) is 1. The zero-order chi connectivity index (χ0) is 16.4. The predicted octanol–water partition coefficient (Wildman–Crippen LogP) is 3.28. The summed E-state index contributed by atoms with van der Waals surface area (Å²) in [7, 11) is 0. The second-order valence-electron chi connectivity index (χ2n) is 7.06. The minimum atomic E-state index is -0.106. The summed E-state index contributed by atoms with van der Waals surface area (Å²) in [4.78, 5) is 18.5. The molecule has 1 aliphatic rings. The van der Waals surface area contributed by atoms with E-state index in [9.17, 15) is 4.79 Å². The minimum absolute atomic E-state index is 0.106. The molecule has 3 rings (SSSR count). The molecule has 2 aromatic rings. The summed E-state index contributed by atoms with van der Waals surface area (Å²) in [6, 6.07) is 5.44. The van der Waals surface area contributed by atoms with Crippen LogP contribution in [0.1, 0.15) is 26.7 Å². The normalized spacial score (nSPS) is 15.9. The van der Waals surface area contributed by atoms with Crippen LogP contribution in [0, 0.1) is 5.41 Å². The maximum absolute atomic E-state index is 12.2. The van der Waals surface area contributed by atoms with Crippen LogP contribution in [0.15, 0.2) is 22.6 Å². The molecule has 1 fully saturated rings. The van der Waals surface area contributed by atoms with Gasteiger partial charge in [-0.05, 0) is 23.6 Å². The third kappa shape index (κ3) is 4.01. The second kappa shape index (κ2) is 6.20. The first kappa shape index (κ1) is 15.8. The van der Waals surface area contributed by atoms with Crippen molar-refractivity contribution in [1.82, 2.24) is 9.88 Å². The summed E-state index contributed by atoms with van der Waals surface area (Å²) in [5, 5.41) is 2.91. The van der Waals surface area contributed by atoms with Crippen molar-refractivity contribution in [2.45, 2.75) is 27.2 Å². The largest absolute Gasteiger partial charge is 0.441 e. The predicted molar refractivity (Wildman–Crippen MR) is 88.6 cm³/mol. The number of carbonyl (C=O) groups excluding carboxylic acids is 1. The maximum Gasteiger partial charge on any atom is 0.322 e. The van der Waals surface area contributed by atoms with Gasteiger partial charge in [-0.2, -0.15) is 0 Å². The SMILES string of the molecule is CC(C)(C)Cc1nc2cc(NC(=O)N3CCOCC3)ccc2o1. The Morgan fingerprint density at radius 2 is 2.04 bits per heavy atom. The Morgan fingerprint density at radius 3 is 2.74 bits per heavy atom. The maximum atomic E-state index is 12.2. The molecule has 0 unspecified atom stereocenters. The molecule has 2 heterocycles. The Bertz CT molecular complexity index is 697. The molecular weight excluding hydrogens is 294 g/mol. The van der Waals surface area contributed by atoms with Crippen LogP contribution in [-0.4, -0.2) is 42.2 Å². The van der Waals surface area contributed by atoms with Crippen molar-refractivity contribution in [3.63, 3.8) is 0 Å². The topological polar surface area (TPSA) is 67.6 Å². The molecule has 1 aliphatic heterocycles. The summed E-state index contributed by atoms with van der Waals surface area (Å²) in [5.74, 6) is 0.726. The Morgan fingerprint density at radius 1 is 1.30 bits per heavy atom. The smallest absolute Gasteiger partial charge is 0.322 e. The van der Waals surface area contributed by atoms with Crippen LogP contribution in [0.2, 0.25) is 0 Å². The number of anilines is 1. The van der Waals surface area contributed by atoms with Crippen molar-refractivity contribution in [2.75, 3.05) is 31.6 Å². The van der Waals surface area contributed by atoms with Gasteiger partial charge in [-0.25, -0.2) is 9.78 Å². The highest BCUT2D eigenvalue weighted by atomic mass is 16.5. The molecule has 1 aromatic heterocycles. The summed E-state index contributed by atoms with van der Waals surface area (Å²) in [6.45, 7) is 8.86. The van der Waals surface area contributed by atoms with Crippen LogP contribution in [-0.2, 0) is 11.2 Å². The number of aromatic nitrogens is 1. The Kier molecular flexibility index (Phi) is 4.26. The molecule has 0 aliphatic carbocycles. The molecule has 23 heavy (non-hydrogen) atoms. The van der Waals surface area contributed by atoms with Crippen molar-refractivity contribution in [1.29, 1.82) is 0 Å². The van der Waals surface area contributed by atoms with Gasteiger partial charge < -0.3 is 19.4 Å². The van der Waals surface area contributed by atoms with Crippen LogP contribution in [0.3, 0.4) is 0 Å². The Hall–Kier alpha value is -2.08. The van der Waals surface area contributed by atoms with Crippen molar-refractivity contribution in [2.24, 2.45) is 5.41 Å². The lowest BCUT2D eigenvalue weighted by Gasteiger charge is -2.26. The highest BCUT2D eigenvalue weighted by molar-refractivity contribution is 5.91. The third-order valence-electron chi connectivity index (χ3n) is 3.66. The average molecular weight is 317 g/mol. The van der Waals surface area contributed by atoms with E-state index >= 15 is 0 Å². The molecule has 1 aromatic carbocycles. The van der Waals surface area contributed by atoms with Crippen molar-refractivity contribution in [3.05, 3.63) is 24.1 Å². The molecule has 1 N–H and O–H groups in total. The summed E-state index contributed by atoms with van der Waals surface area (Å²) >= 11 is 0. The van der Waals surface area contributed by atoms with Gasteiger partial charge in [0.15, 0.2) is 11.5 Å². The average Bonchev–Trinajstić information content (AvgIpc) is 2.87. The molecule has 0 bridgehead atoms. The monoisotopic (exact) mass is 317 g/mol. The van der Waals surface area contributed by atoms with Crippen molar-refractivity contribution < 1.29 is 13.9 Å². The van der Waals surface area contributed by atoms with Crippen LogP contribution < -0.4 is 5.32 Å². The van der Waals surface area contributed by atoms with E-state index in [-0.39, 0.29) is 11.4 Å². The number of rotatable bonds is 2. The van der Waals surface area contributed by atoms with Gasteiger partial charge in [0, 0.05) is 25.2 Å². The number of hydrogen-bond acceptors (Lipinski definition) is 4. The number of urea groups is 1. The van der Waals surface area contributed by atoms with Gasteiger partial charge in [0.05, 0.1) is 13.2 Å². The first-order valence-electron chi connectivity index (χ1n) is 7.94. The number of morpholine rings is 1. The molecule has 0 radical (unpaired) electrons. The van der Waals surface area contributed by atoms with Gasteiger partial charge in [-0.3, -0.25) is 0 Å². The van der Waals surface area contributed by atoms with E-state index in [2.05, 4.69) is 31.1 Å². The molecule has 0 saturated carbocycles. The van der Waals surface area contributed by atoms with Gasteiger partial charge in [0.25, 0.3) is 0 Å². The van der Waals surface area contributed by atoms with Gasteiger partial charge in [-0.15, -0.1) is 0 Å². The van der Waals surface area contributed by atoms with Gasteiger partial charge >= 0.3 is 6.03 Å². The van der Waals surface area contributed by atoms with Gasteiger partial charge in [0.1, 0.15) is 5.52 Å². The molecule has 2 amide bonds. The van der Waals surface area contributed by atoms with Crippen LogP contribution >= 0.6 is 0 Å². The van der Waals surface area contributed by atoms with E-state index in [1.54, 1.807) is 4.90 Å². The summed E-state index contributed by atoms with van der Waals surface area (Å²) in [5.41, 5.74) is 2.36. The quantitative estimate of drug-likeness (QED) is 0.923. The van der Waals surface area contributed by atoms with Crippen LogP contribution in [0.25, 0.3) is 11.1 Å². The van der Waals surface area contributed by atoms with Crippen LogP contribution in [0.4, 0.5) is 10.5 Å². The Labute approximate surface area is 135 Å². The molecule has 0 spiro atoms. The fourth-order valence-corrected chi connectivity index (χ4v) is 2.55. The number of benzene rings is 1. The van der Waals surface area contributed by atoms with E-state index in [0.29, 0.717) is 26.3 Å². The molecule has 6 nitrogen and oxygen atoms in total. The fourth-order valence-electron chi connectivity index (χ4n) is 2.55. The standard InChI is InChI=1S/C17H23N3O3/c1-17(2,3)11-15-19-13-10-12(4-5-14(13)23-15)18-16(21)20-6-8-22-9-7-20/h4-5,10H,6-9,11H2,1-3H3,(H,18,21). The van der Waals surface area contributed by atoms with Crippen molar-refractivity contribution >= 4 is 22.8 Å². The number of ether oxygens (including phenoxy) is 1. The third-order valence-corrected chi connectivity index (χ3v) is 3.66. The summed E-state index contributed by atoms with van der Waals surface area (Å²) in [6.07, 6.45) is 0.775. The van der Waals surface area contributed by atoms with Crippen LogP contribution in [0.5, 0.6) is 0 Å². The molecule has 1 saturated heterocycles. The molecule has 0 atom stereocenters. The van der Waals surface area contributed by atoms with Gasteiger partial charge in [-0.1, -0.05) is 20.8 Å². The first-order chi connectivity index (χ1) is 10.9. The lowest BCUT2D eigenvalue weighted by Crippen LogP contribution is -2.43. The van der Waals surface area contributed by atoms with Crippen molar-refractivity contribution in [3.8, 4) is 0 Å². The summed E-state index contributed by atoms with van der Waals surface area (Å²) < 4.78 is 11.0. The number of oxazole rings is 1.